The molecular formula is C18H18OS. The van der Waals surface area contributed by atoms with Crippen molar-refractivity contribution in [1.29, 1.82) is 0 Å². The molecule has 1 unspecified atom stereocenters. The van der Waals surface area contributed by atoms with E-state index in [1.165, 1.54) is 26.8 Å². The van der Waals surface area contributed by atoms with Crippen molar-refractivity contribution in [2.24, 2.45) is 0 Å². The minimum absolute atomic E-state index is 0.438. The molecule has 0 amide bonds. The van der Waals surface area contributed by atoms with Crippen molar-refractivity contribution >= 4 is 21.4 Å². The Morgan fingerprint density at radius 3 is 2.65 bits per heavy atom. The smallest absolute Gasteiger partial charge is 0.0831 e. The van der Waals surface area contributed by atoms with Gasteiger partial charge in [-0.1, -0.05) is 36.4 Å². The number of hydrogen-bond donors (Lipinski definition) is 1. The molecule has 0 saturated heterocycles. The Morgan fingerprint density at radius 2 is 1.85 bits per heavy atom. The lowest BCUT2D eigenvalue weighted by molar-refractivity contribution is 0.179. The van der Waals surface area contributed by atoms with E-state index in [2.05, 4.69) is 55.6 Å². The Morgan fingerprint density at radius 1 is 1.05 bits per heavy atom. The molecule has 0 bridgehead atoms. The number of aliphatic hydroxyl groups is 1. The SMILES string of the molecule is Cc1ccc(C(O)Cc2csc3ccccc23)cc1C. The lowest BCUT2D eigenvalue weighted by atomic mass is 9.98. The summed E-state index contributed by atoms with van der Waals surface area (Å²) >= 11 is 1.75. The summed E-state index contributed by atoms with van der Waals surface area (Å²) in [6, 6.07) is 14.6. The third-order valence-corrected chi connectivity index (χ3v) is 4.90. The summed E-state index contributed by atoms with van der Waals surface area (Å²) in [5.41, 5.74) is 4.73. The fourth-order valence-electron chi connectivity index (χ4n) is 2.49. The van der Waals surface area contributed by atoms with E-state index in [1.54, 1.807) is 11.3 Å². The van der Waals surface area contributed by atoms with Gasteiger partial charge in [-0.05, 0) is 52.9 Å². The first-order valence-corrected chi connectivity index (χ1v) is 7.73. The van der Waals surface area contributed by atoms with Crippen LogP contribution in [-0.4, -0.2) is 5.11 Å². The monoisotopic (exact) mass is 282 g/mol. The maximum atomic E-state index is 10.5. The normalized spacial score (nSPS) is 12.8. The van der Waals surface area contributed by atoms with Crippen molar-refractivity contribution in [2.45, 2.75) is 26.4 Å². The lowest BCUT2D eigenvalue weighted by Crippen LogP contribution is -2.02. The second kappa shape index (κ2) is 5.39. The standard InChI is InChI=1S/C18H18OS/c1-12-7-8-14(9-13(12)2)17(19)10-15-11-20-18-6-4-3-5-16(15)18/h3-9,11,17,19H,10H2,1-2H3. The molecule has 0 aliphatic heterocycles. The fraction of sp³-hybridized carbons (Fsp3) is 0.222. The van der Waals surface area contributed by atoms with Crippen LogP contribution in [-0.2, 0) is 6.42 Å². The van der Waals surface area contributed by atoms with Crippen LogP contribution in [0.4, 0.5) is 0 Å². The van der Waals surface area contributed by atoms with Crippen LogP contribution in [0, 0.1) is 13.8 Å². The molecule has 1 N–H and O–H groups in total. The maximum Gasteiger partial charge on any atom is 0.0831 e. The summed E-state index contributed by atoms with van der Waals surface area (Å²) in [7, 11) is 0. The first-order valence-electron chi connectivity index (χ1n) is 6.85. The molecule has 2 aromatic carbocycles. The van der Waals surface area contributed by atoms with E-state index in [9.17, 15) is 5.11 Å². The van der Waals surface area contributed by atoms with Gasteiger partial charge in [0.15, 0.2) is 0 Å². The Balaban J connectivity index is 1.88. The minimum atomic E-state index is -0.438. The van der Waals surface area contributed by atoms with Crippen LogP contribution in [0.3, 0.4) is 0 Å². The predicted octanol–water partition coefficient (Wildman–Crippen LogP) is 4.79. The summed E-state index contributed by atoms with van der Waals surface area (Å²) in [5, 5.41) is 13.9. The largest absolute Gasteiger partial charge is 0.388 e. The van der Waals surface area contributed by atoms with Gasteiger partial charge >= 0.3 is 0 Å². The fourth-order valence-corrected chi connectivity index (χ4v) is 3.46. The Labute approximate surface area is 123 Å². The van der Waals surface area contributed by atoms with Crippen LogP contribution >= 0.6 is 11.3 Å². The number of hydrogen-bond acceptors (Lipinski definition) is 2. The first-order chi connectivity index (χ1) is 9.65. The molecule has 0 aliphatic rings. The van der Waals surface area contributed by atoms with Gasteiger partial charge in [-0.2, -0.15) is 0 Å². The second-order valence-corrected chi connectivity index (χ2v) is 6.23. The maximum absolute atomic E-state index is 10.5. The van der Waals surface area contributed by atoms with Crippen LogP contribution in [0.25, 0.3) is 10.1 Å². The predicted molar refractivity (Wildman–Crippen MR) is 86.4 cm³/mol. The van der Waals surface area contributed by atoms with Gasteiger partial charge in [-0.15, -0.1) is 11.3 Å². The van der Waals surface area contributed by atoms with E-state index in [-0.39, 0.29) is 0 Å². The van der Waals surface area contributed by atoms with Gasteiger partial charge in [0.1, 0.15) is 0 Å². The molecule has 3 aromatic rings. The van der Waals surface area contributed by atoms with Crippen LogP contribution < -0.4 is 0 Å². The van der Waals surface area contributed by atoms with Crippen molar-refractivity contribution in [3.05, 3.63) is 70.1 Å². The average molecular weight is 282 g/mol. The summed E-state index contributed by atoms with van der Waals surface area (Å²) in [4.78, 5) is 0. The number of aliphatic hydroxyl groups excluding tert-OH is 1. The van der Waals surface area contributed by atoms with E-state index in [1.807, 2.05) is 6.07 Å². The number of thiophene rings is 1. The first kappa shape index (κ1) is 13.3. The molecule has 1 aromatic heterocycles. The highest BCUT2D eigenvalue weighted by atomic mass is 32.1. The summed E-state index contributed by atoms with van der Waals surface area (Å²) < 4.78 is 1.29. The molecule has 20 heavy (non-hydrogen) atoms. The highest BCUT2D eigenvalue weighted by Crippen LogP contribution is 2.29. The van der Waals surface area contributed by atoms with Crippen molar-refractivity contribution in [3.8, 4) is 0 Å². The van der Waals surface area contributed by atoms with E-state index >= 15 is 0 Å². The zero-order valence-corrected chi connectivity index (χ0v) is 12.6. The van der Waals surface area contributed by atoms with Crippen LogP contribution in [0.5, 0.6) is 0 Å². The van der Waals surface area contributed by atoms with Crippen LogP contribution in [0.15, 0.2) is 47.8 Å². The van der Waals surface area contributed by atoms with E-state index < -0.39 is 6.10 Å². The number of benzene rings is 2. The van der Waals surface area contributed by atoms with Crippen molar-refractivity contribution in [3.63, 3.8) is 0 Å². The topological polar surface area (TPSA) is 20.2 Å². The molecule has 0 aliphatic carbocycles. The number of rotatable bonds is 3. The molecule has 1 atom stereocenters. The van der Waals surface area contributed by atoms with Crippen molar-refractivity contribution in [2.75, 3.05) is 0 Å². The van der Waals surface area contributed by atoms with Gasteiger partial charge < -0.3 is 5.11 Å². The molecule has 2 heteroatoms. The molecular weight excluding hydrogens is 264 g/mol. The van der Waals surface area contributed by atoms with Gasteiger partial charge in [0, 0.05) is 11.1 Å². The van der Waals surface area contributed by atoms with E-state index in [0.717, 1.165) is 5.56 Å². The number of aryl methyl sites for hydroxylation is 2. The number of fused-ring (bicyclic) bond motifs is 1. The zero-order valence-electron chi connectivity index (χ0n) is 11.8. The lowest BCUT2D eigenvalue weighted by Gasteiger charge is -2.12. The third kappa shape index (κ3) is 2.49. The van der Waals surface area contributed by atoms with Crippen LogP contribution in [0.2, 0.25) is 0 Å². The second-order valence-electron chi connectivity index (χ2n) is 5.32. The minimum Gasteiger partial charge on any atom is -0.388 e. The van der Waals surface area contributed by atoms with Gasteiger partial charge in [0.05, 0.1) is 6.10 Å². The molecule has 0 saturated carbocycles. The van der Waals surface area contributed by atoms with E-state index in [0.29, 0.717) is 6.42 Å². The third-order valence-electron chi connectivity index (χ3n) is 3.89. The van der Waals surface area contributed by atoms with Gasteiger partial charge in [0.25, 0.3) is 0 Å². The van der Waals surface area contributed by atoms with Gasteiger partial charge in [-0.25, -0.2) is 0 Å². The highest BCUT2D eigenvalue weighted by molar-refractivity contribution is 7.17. The Bertz CT molecular complexity index is 742. The molecule has 102 valence electrons. The van der Waals surface area contributed by atoms with Crippen molar-refractivity contribution < 1.29 is 5.11 Å². The molecule has 3 rings (SSSR count). The van der Waals surface area contributed by atoms with E-state index in [4.69, 9.17) is 0 Å². The summed E-state index contributed by atoms with van der Waals surface area (Å²) in [6.45, 7) is 4.18. The van der Waals surface area contributed by atoms with Crippen molar-refractivity contribution in [1.82, 2.24) is 0 Å². The quantitative estimate of drug-likeness (QED) is 0.732. The molecule has 0 spiro atoms. The Hall–Kier alpha value is -1.64. The average Bonchev–Trinajstić information content (AvgIpc) is 2.85. The summed E-state index contributed by atoms with van der Waals surface area (Å²) in [6.07, 6.45) is 0.235. The molecule has 1 heterocycles. The van der Waals surface area contributed by atoms with Gasteiger partial charge in [-0.3, -0.25) is 0 Å². The summed E-state index contributed by atoms with van der Waals surface area (Å²) in [5.74, 6) is 0. The van der Waals surface area contributed by atoms with Crippen LogP contribution in [0.1, 0.15) is 28.4 Å². The van der Waals surface area contributed by atoms with Gasteiger partial charge in [0.2, 0.25) is 0 Å². The molecule has 0 radical (unpaired) electrons. The molecule has 1 nitrogen and oxygen atoms in total. The molecule has 0 fully saturated rings. The zero-order chi connectivity index (χ0) is 14.1. The highest BCUT2D eigenvalue weighted by Gasteiger charge is 2.12. The Kier molecular flexibility index (Phi) is 3.60.